The fraction of sp³-hybridized carbons (Fsp3) is 0.481. The average Bonchev–Trinajstić information content (AvgIpc) is 3.51. The minimum atomic E-state index is -0.959. The molecule has 3 N–H and O–H groups in total. The van der Waals surface area contributed by atoms with E-state index in [0.29, 0.717) is 17.2 Å². The molecule has 11 heteroatoms. The van der Waals surface area contributed by atoms with Gasteiger partial charge in [0.25, 0.3) is 5.91 Å². The molecule has 2 aliphatic rings. The van der Waals surface area contributed by atoms with Crippen molar-refractivity contribution in [2.75, 3.05) is 46.9 Å². The molecule has 0 saturated carbocycles. The van der Waals surface area contributed by atoms with Crippen molar-refractivity contribution in [3.8, 4) is 5.75 Å². The molecule has 0 radical (unpaired) electrons. The fourth-order valence-electron chi connectivity index (χ4n) is 5.03. The van der Waals surface area contributed by atoms with Crippen LogP contribution in [0.1, 0.15) is 28.1 Å². The Morgan fingerprint density at radius 3 is 2.45 bits per heavy atom. The van der Waals surface area contributed by atoms with Crippen LogP contribution in [-0.2, 0) is 25.5 Å². The number of methoxy groups -OCH3 is 2. The molecule has 0 aliphatic carbocycles. The van der Waals surface area contributed by atoms with Crippen LogP contribution in [0.5, 0.6) is 5.75 Å². The van der Waals surface area contributed by atoms with Gasteiger partial charge < -0.3 is 29.9 Å². The zero-order valence-electron chi connectivity index (χ0n) is 21.8. The number of carbonyl (C=O) groups is 4. The number of piperidine rings is 1. The first-order valence-corrected chi connectivity index (χ1v) is 13.7. The first-order valence-electron chi connectivity index (χ1n) is 12.9. The van der Waals surface area contributed by atoms with Crippen molar-refractivity contribution < 1.29 is 34.0 Å². The Hall–Kier alpha value is -3.44. The number of nitrogens with two attached hydrogens (primary N) is 1. The molecule has 0 spiro atoms. The van der Waals surface area contributed by atoms with E-state index in [-0.39, 0.29) is 37.2 Å². The maximum atomic E-state index is 13.7. The third-order valence-electron chi connectivity index (χ3n) is 7.18. The Kier molecular flexibility index (Phi) is 9.35. The molecule has 0 bridgehead atoms. The third-order valence-corrected chi connectivity index (χ3v) is 8.03. The standard InChI is InChI=1S/C27H34N4O6S/c1-36-20-7-5-18(6-8-20)16-21(27(35)37-2)29-24(32)22-17-30(25(33)19-9-11-28-12-10-19)13-14-31(22)26(34)23-4-3-15-38-23/h3-8,15,19,21-22,28H,9-14,16-17H2,1-2H3,(H,29,32)/p+1/t21-,22-/m0/s1. The van der Waals surface area contributed by atoms with Crippen LogP contribution >= 0.6 is 11.3 Å². The zero-order valence-corrected chi connectivity index (χ0v) is 22.6. The summed E-state index contributed by atoms with van der Waals surface area (Å²) in [4.78, 5) is 56.7. The molecule has 10 nitrogen and oxygen atoms in total. The maximum absolute atomic E-state index is 13.7. The number of carbonyl (C=O) groups excluding carboxylic acids is 4. The molecule has 0 unspecified atom stereocenters. The molecule has 2 saturated heterocycles. The molecule has 2 aromatic rings. The number of hydrogen-bond acceptors (Lipinski definition) is 7. The highest BCUT2D eigenvalue weighted by atomic mass is 32.1. The second-order valence-corrected chi connectivity index (χ2v) is 10.5. The molecule has 204 valence electrons. The highest BCUT2D eigenvalue weighted by molar-refractivity contribution is 7.12. The molecule has 1 aromatic carbocycles. The fourth-order valence-corrected chi connectivity index (χ4v) is 5.70. The Morgan fingerprint density at radius 1 is 1.08 bits per heavy atom. The van der Waals surface area contributed by atoms with Gasteiger partial charge in [-0.3, -0.25) is 14.4 Å². The van der Waals surface area contributed by atoms with Crippen molar-refractivity contribution in [1.29, 1.82) is 0 Å². The van der Waals surface area contributed by atoms with Gasteiger partial charge in [0.15, 0.2) is 0 Å². The summed E-state index contributed by atoms with van der Waals surface area (Å²) in [6.45, 7) is 2.50. The largest absolute Gasteiger partial charge is 0.497 e. The number of nitrogens with one attached hydrogen (secondary N) is 1. The number of amides is 3. The van der Waals surface area contributed by atoms with E-state index < -0.39 is 24.0 Å². The lowest BCUT2D eigenvalue weighted by Crippen LogP contribution is -2.86. The topological polar surface area (TPSA) is 122 Å². The Morgan fingerprint density at radius 2 is 1.82 bits per heavy atom. The number of esters is 1. The average molecular weight is 544 g/mol. The molecule has 1 aromatic heterocycles. The van der Waals surface area contributed by atoms with E-state index >= 15 is 0 Å². The summed E-state index contributed by atoms with van der Waals surface area (Å²) >= 11 is 1.30. The van der Waals surface area contributed by atoms with E-state index in [2.05, 4.69) is 10.6 Å². The number of quaternary nitrogens is 1. The maximum Gasteiger partial charge on any atom is 0.328 e. The first-order chi connectivity index (χ1) is 18.4. The lowest BCUT2D eigenvalue weighted by Gasteiger charge is -2.42. The molecular weight excluding hydrogens is 508 g/mol. The highest BCUT2D eigenvalue weighted by Gasteiger charge is 2.40. The summed E-state index contributed by atoms with van der Waals surface area (Å²) in [5, 5.41) is 6.82. The van der Waals surface area contributed by atoms with Crippen LogP contribution in [0.4, 0.5) is 0 Å². The van der Waals surface area contributed by atoms with Crippen LogP contribution in [0, 0.1) is 5.92 Å². The number of nitrogens with zero attached hydrogens (tertiary/aromatic N) is 2. The number of hydrogen-bond donors (Lipinski definition) is 2. The van der Waals surface area contributed by atoms with Gasteiger partial charge in [-0.05, 0) is 29.1 Å². The molecule has 2 aliphatic heterocycles. The molecule has 3 amide bonds. The molecular formula is C27H35N4O6S+. The predicted octanol–water partition coefficient (Wildman–Crippen LogP) is 0.284. The summed E-state index contributed by atoms with van der Waals surface area (Å²) in [6.07, 6.45) is 1.81. The van der Waals surface area contributed by atoms with E-state index in [4.69, 9.17) is 9.47 Å². The summed E-state index contributed by atoms with van der Waals surface area (Å²) in [5.74, 6) is -0.703. The number of thiophene rings is 1. The summed E-state index contributed by atoms with van der Waals surface area (Å²) in [7, 11) is 2.84. The second kappa shape index (κ2) is 12.9. The van der Waals surface area contributed by atoms with E-state index in [1.807, 2.05) is 17.5 Å². The lowest BCUT2D eigenvalue weighted by molar-refractivity contribution is -0.664. The SMILES string of the molecule is COC(=O)[C@H](Cc1ccc(OC)cc1)NC(=O)[C@@H]1CN(C(=O)C2CC[NH2+]CC2)CCN1C(=O)c1cccs1. The van der Waals surface area contributed by atoms with Gasteiger partial charge in [-0.15, -0.1) is 11.3 Å². The quantitative estimate of drug-likeness (QED) is 0.462. The van der Waals surface area contributed by atoms with Crippen LogP contribution in [0.25, 0.3) is 0 Å². The van der Waals surface area contributed by atoms with Gasteiger partial charge in [0.2, 0.25) is 11.8 Å². The van der Waals surface area contributed by atoms with Crippen molar-refractivity contribution >= 4 is 35.0 Å². The highest BCUT2D eigenvalue weighted by Crippen LogP contribution is 2.21. The van der Waals surface area contributed by atoms with E-state index in [1.54, 1.807) is 36.3 Å². The minimum Gasteiger partial charge on any atom is -0.497 e. The summed E-state index contributed by atoms with van der Waals surface area (Å²) in [5.41, 5.74) is 0.808. The molecule has 3 heterocycles. The van der Waals surface area contributed by atoms with Crippen LogP contribution in [0.15, 0.2) is 41.8 Å². The van der Waals surface area contributed by atoms with Gasteiger partial charge >= 0.3 is 5.97 Å². The van der Waals surface area contributed by atoms with Crippen molar-refractivity contribution in [3.63, 3.8) is 0 Å². The van der Waals surface area contributed by atoms with E-state index in [1.165, 1.54) is 23.3 Å². The number of ether oxygens (including phenoxy) is 2. The van der Waals surface area contributed by atoms with Crippen LogP contribution in [0.2, 0.25) is 0 Å². The molecule has 2 fully saturated rings. The zero-order chi connectivity index (χ0) is 27.1. The number of benzene rings is 1. The van der Waals surface area contributed by atoms with Gasteiger partial charge in [-0.1, -0.05) is 18.2 Å². The normalized spacial score (nSPS) is 18.9. The van der Waals surface area contributed by atoms with Crippen molar-refractivity contribution in [2.45, 2.75) is 31.3 Å². The molecule has 4 rings (SSSR count). The second-order valence-electron chi connectivity index (χ2n) is 9.55. The summed E-state index contributed by atoms with van der Waals surface area (Å²) in [6, 6.07) is 8.81. The molecule has 2 atom stereocenters. The van der Waals surface area contributed by atoms with Crippen LogP contribution < -0.4 is 15.4 Å². The van der Waals surface area contributed by atoms with E-state index in [9.17, 15) is 19.2 Å². The monoisotopic (exact) mass is 543 g/mol. The minimum absolute atomic E-state index is 0.0295. The van der Waals surface area contributed by atoms with Crippen molar-refractivity contribution in [3.05, 3.63) is 52.2 Å². The van der Waals surface area contributed by atoms with Crippen molar-refractivity contribution in [1.82, 2.24) is 15.1 Å². The third kappa shape index (κ3) is 6.51. The Balaban J connectivity index is 1.53. The van der Waals surface area contributed by atoms with Crippen molar-refractivity contribution in [2.24, 2.45) is 5.92 Å². The van der Waals surface area contributed by atoms with Gasteiger partial charge in [0, 0.05) is 38.3 Å². The molecule has 38 heavy (non-hydrogen) atoms. The number of piperazine rings is 1. The van der Waals surface area contributed by atoms with Gasteiger partial charge in [0.05, 0.1) is 38.7 Å². The van der Waals surface area contributed by atoms with Gasteiger partial charge in [-0.25, -0.2) is 4.79 Å². The first kappa shape index (κ1) is 27.6. The van der Waals surface area contributed by atoms with Gasteiger partial charge in [0.1, 0.15) is 17.8 Å². The summed E-state index contributed by atoms with van der Waals surface area (Å²) < 4.78 is 10.2. The predicted molar refractivity (Wildman–Crippen MR) is 141 cm³/mol. The Bertz CT molecular complexity index is 1120. The van der Waals surface area contributed by atoms with Crippen LogP contribution in [0.3, 0.4) is 0 Å². The van der Waals surface area contributed by atoms with Crippen LogP contribution in [-0.4, -0.2) is 92.5 Å². The smallest absolute Gasteiger partial charge is 0.328 e. The van der Waals surface area contributed by atoms with E-state index in [0.717, 1.165) is 31.5 Å². The lowest BCUT2D eigenvalue weighted by atomic mass is 9.95. The van der Waals surface area contributed by atoms with Gasteiger partial charge in [-0.2, -0.15) is 0 Å². The number of rotatable bonds is 8. The Labute approximate surface area is 226 Å².